The molecule has 0 atom stereocenters. The summed E-state index contributed by atoms with van der Waals surface area (Å²) in [5.41, 5.74) is 1.61. The first kappa shape index (κ1) is 13.0. The van der Waals surface area contributed by atoms with Crippen molar-refractivity contribution in [2.75, 3.05) is 26.5 Å². The van der Waals surface area contributed by atoms with Crippen LogP contribution in [0, 0.1) is 0 Å². The molecule has 88 valence electrons. The molecule has 0 aliphatic carbocycles. The molecule has 0 spiro atoms. The molecule has 0 unspecified atom stereocenters. The lowest BCUT2D eigenvalue weighted by Crippen LogP contribution is -2.21. The van der Waals surface area contributed by atoms with E-state index in [1.54, 1.807) is 38.3 Å². The quantitative estimate of drug-likeness (QED) is 0.780. The molecule has 5 heteroatoms. The minimum atomic E-state index is -0.0403. The average molecular weight is 240 g/mol. The Hall–Kier alpha value is -1.07. The van der Waals surface area contributed by atoms with Crippen molar-refractivity contribution < 1.29 is 9.90 Å². The summed E-state index contributed by atoms with van der Waals surface area (Å²) < 4.78 is 0. The first-order valence-corrected chi connectivity index (χ1v) is 6.15. The van der Waals surface area contributed by atoms with Gasteiger partial charge in [0.05, 0.1) is 12.2 Å². The Bertz CT molecular complexity index is 356. The number of pyridine rings is 1. The molecule has 0 aliphatic rings. The molecule has 16 heavy (non-hydrogen) atoms. The highest BCUT2D eigenvalue weighted by molar-refractivity contribution is 7.98. The van der Waals surface area contributed by atoms with E-state index < -0.39 is 0 Å². The number of rotatable bonds is 5. The third-order valence-corrected chi connectivity index (χ3v) is 2.96. The van der Waals surface area contributed by atoms with Crippen molar-refractivity contribution in [1.82, 2.24) is 9.88 Å². The van der Waals surface area contributed by atoms with Crippen LogP contribution in [0.1, 0.15) is 15.9 Å². The van der Waals surface area contributed by atoms with E-state index >= 15 is 0 Å². The molecule has 1 aromatic heterocycles. The number of thioether (sulfide) groups is 1. The molecule has 0 saturated carbocycles. The van der Waals surface area contributed by atoms with Crippen molar-refractivity contribution in [3.05, 3.63) is 29.6 Å². The fourth-order valence-corrected chi connectivity index (χ4v) is 1.86. The van der Waals surface area contributed by atoms with Crippen LogP contribution in [-0.2, 0) is 5.75 Å². The van der Waals surface area contributed by atoms with Crippen molar-refractivity contribution in [3.8, 4) is 0 Å². The van der Waals surface area contributed by atoms with Crippen LogP contribution in [0.4, 0.5) is 0 Å². The normalized spacial score (nSPS) is 10.2. The lowest BCUT2D eigenvalue weighted by atomic mass is 10.2. The monoisotopic (exact) mass is 240 g/mol. The van der Waals surface area contributed by atoms with Crippen molar-refractivity contribution in [3.63, 3.8) is 0 Å². The van der Waals surface area contributed by atoms with E-state index in [-0.39, 0.29) is 12.5 Å². The van der Waals surface area contributed by atoms with Crippen molar-refractivity contribution in [2.45, 2.75) is 5.75 Å². The second kappa shape index (κ2) is 6.50. The topological polar surface area (TPSA) is 53.4 Å². The summed E-state index contributed by atoms with van der Waals surface area (Å²) in [6, 6.07) is 1.85. The van der Waals surface area contributed by atoms with Gasteiger partial charge in [-0.15, -0.1) is 0 Å². The van der Waals surface area contributed by atoms with Crippen LogP contribution in [0.2, 0.25) is 0 Å². The fourth-order valence-electron chi connectivity index (χ4n) is 1.20. The second-order valence-corrected chi connectivity index (χ2v) is 4.66. The Balaban J connectivity index is 2.67. The van der Waals surface area contributed by atoms with Gasteiger partial charge >= 0.3 is 0 Å². The van der Waals surface area contributed by atoms with Crippen molar-refractivity contribution in [1.29, 1.82) is 0 Å². The average Bonchev–Trinajstić information content (AvgIpc) is 2.29. The Morgan fingerprint density at radius 3 is 2.88 bits per heavy atom. The van der Waals surface area contributed by atoms with Gasteiger partial charge in [-0.2, -0.15) is 11.8 Å². The number of aromatic nitrogens is 1. The zero-order valence-electron chi connectivity index (χ0n) is 9.51. The van der Waals surface area contributed by atoms with Gasteiger partial charge in [-0.25, -0.2) is 0 Å². The lowest BCUT2D eigenvalue weighted by Gasteiger charge is -2.10. The van der Waals surface area contributed by atoms with E-state index in [1.165, 1.54) is 4.90 Å². The summed E-state index contributed by atoms with van der Waals surface area (Å²) in [5.74, 6) is 1.43. The first-order valence-electron chi connectivity index (χ1n) is 4.99. The van der Waals surface area contributed by atoms with Crippen LogP contribution in [0.5, 0.6) is 0 Å². The number of amides is 1. The second-order valence-electron chi connectivity index (χ2n) is 3.56. The van der Waals surface area contributed by atoms with Gasteiger partial charge in [-0.3, -0.25) is 9.78 Å². The van der Waals surface area contributed by atoms with Crippen molar-refractivity contribution >= 4 is 17.7 Å². The summed E-state index contributed by atoms with van der Waals surface area (Å²) in [6.07, 6.45) is 3.32. The van der Waals surface area contributed by atoms with Crippen LogP contribution in [0.25, 0.3) is 0 Å². The molecule has 0 saturated heterocycles. The van der Waals surface area contributed by atoms with Crippen LogP contribution in [0.15, 0.2) is 18.5 Å². The molecular weight excluding hydrogens is 224 g/mol. The first-order chi connectivity index (χ1) is 7.65. The molecule has 0 aliphatic heterocycles. The highest BCUT2D eigenvalue weighted by Gasteiger charge is 2.08. The number of carbonyl (C=O) groups is 1. The summed E-state index contributed by atoms with van der Waals surface area (Å²) >= 11 is 1.62. The zero-order chi connectivity index (χ0) is 12.0. The summed E-state index contributed by atoms with van der Waals surface area (Å²) in [5, 5.41) is 8.66. The van der Waals surface area contributed by atoms with Crippen LogP contribution in [0.3, 0.4) is 0 Å². The van der Waals surface area contributed by atoms with Gasteiger partial charge in [0.15, 0.2) is 0 Å². The standard InChI is InChI=1S/C11H16N2O2S/c1-13(2)11(15)10-5-9(6-12-7-10)8-16-4-3-14/h5-7,14H,3-4,8H2,1-2H3. The Kier molecular flexibility index (Phi) is 5.28. The van der Waals surface area contributed by atoms with Gasteiger partial charge in [0.25, 0.3) is 5.91 Å². The van der Waals surface area contributed by atoms with E-state index in [0.717, 1.165) is 11.3 Å². The fraction of sp³-hybridized carbons (Fsp3) is 0.455. The zero-order valence-corrected chi connectivity index (χ0v) is 10.3. The molecule has 1 aromatic rings. The van der Waals surface area contributed by atoms with E-state index in [1.807, 2.05) is 6.07 Å². The molecular formula is C11H16N2O2S. The summed E-state index contributed by atoms with van der Waals surface area (Å²) in [4.78, 5) is 17.2. The molecule has 1 amide bonds. The maximum Gasteiger partial charge on any atom is 0.254 e. The number of nitrogens with zero attached hydrogens (tertiary/aromatic N) is 2. The maximum atomic E-state index is 11.7. The van der Waals surface area contributed by atoms with Crippen LogP contribution in [-0.4, -0.2) is 47.4 Å². The SMILES string of the molecule is CN(C)C(=O)c1cncc(CSCCO)c1. The molecule has 1 rings (SSSR count). The van der Waals surface area contributed by atoms with Gasteiger partial charge in [0.2, 0.25) is 0 Å². The molecule has 0 aromatic carbocycles. The van der Waals surface area contributed by atoms with Gasteiger partial charge in [0, 0.05) is 38.0 Å². The Morgan fingerprint density at radius 1 is 1.50 bits per heavy atom. The van der Waals surface area contributed by atoms with E-state index in [4.69, 9.17) is 5.11 Å². The summed E-state index contributed by atoms with van der Waals surface area (Å²) in [6.45, 7) is 0.175. The number of aliphatic hydroxyl groups excluding tert-OH is 1. The van der Waals surface area contributed by atoms with Gasteiger partial charge in [-0.05, 0) is 11.6 Å². The third kappa shape index (κ3) is 3.83. The number of carbonyl (C=O) groups excluding carboxylic acids is 1. The van der Waals surface area contributed by atoms with Gasteiger partial charge in [-0.1, -0.05) is 0 Å². The molecule has 1 N–H and O–H groups in total. The number of hydrogen-bond acceptors (Lipinski definition) is 4. The van der Waals surface area contributed by atoms with Gasteiger partial charge in [0.1, 0.15) is 0 Å². The Morgan fingerprint density at radius 2 is 2.25 bits per heavy atom. The molecule has 0 fully saturated rings. The van der Waals surface area contributed by atoms with E-state index in [2.05, 4.69) is 4.98 Å². The minimum absolute atomic E-state index is 0.0403. The van der Waals surface area contributed by atoms with E-state index in [9.17, 15) is 4.79 Å². The third-order valence-electron chi connectivity index (χ3n) is 1.95. The van der Waals surface area contributed by atoms with Crippen molar-refractivity contribution in [2.24, 2.45) is 0 Å². The smallest absolute Gasteiger partial charge is 0.254 e. The molecule has 0 bridgehead atoms. The largest absolute Gasteiger partial charge is 0.396 e. The summed E-state index contributed by atoms with van der Waals surface area (Å²) in [7, 11) is 3.44. The molecule has 0 radical (unpaired) electrons. The maximum absolute atomic E-state index is 11.7. The minimum Gasteiger partial charge on any atom is -0.396 e. The highest BCUT2D eigenvalue weighted by Crippen LogP contribution is 2.12. The lowest BCUT2D eigenvalue weighted by molar-refractivity contribution is 0.0827. The van der Waals surface area contributed by atoms with Crippen LogP contribution < -0.4 is 0 Å². The van der Waals surface area contributed by atoms with E-state index in [0.29, 0.717) is 11.3 Å². The van der Waals surface area contributed by atoms with Crippen LogP contribution >= 0.6 is 11.8 Å². The molecule has 1 heterocycles. The number of hydrogen-bond donors (Lipinski definition) is 1. The number of aliphatic hydroxyl groups is 1. The predicted molar refractivity (Wildman–Crippen MR) is 65.5 cm³/mol. The Labute approximate surface area is 99.7 Å². The highest BCUT2D eigenvalue weighted by atomic mass is 32.2. The molecule has 4 nitrogen and oxygen atoms in total. The van der Waals surface area contributed by atoms with Gasteiger partial charge < -0.3 is 10.0 Å². The predicted octanol–water partition coefficient (Wildman–Crippen LogP) is 1.01.